The first-order valence-corrected chi connectivity index (χ1v) is 10.7. The van der Waals surface area contributed by atoms with Crippen LogP contribution in [-0.2, 0) is 0 Å². The third-order valence-electron chi connectivity index (χ3n) is 5.25. The van der Waals surface area contributed by atoms with Crippen molar-refractivity contribution in [3.8, 4) is 5.88 Å². The van der Waals surface area contributed by atoms with Gasteiger partial charge >= 0.3 is 0 Å². The number of ether oxygens (including phenoxy) is 1. The number of nitrogens with one attached hydrogen (secondary N) is 2. The topological polar surface area (TPSA) is 130 Å². The Morgan fingerprint density at radius 1 is 1.31 bits per heavy atom. The number of carbonyl (C=O) groups is 1. The maximum absolute atomic E-state index is 13.0. The van der Waals surface area contributed by atoms with Crippen molar-refractivity contribution in [3.05, 3.63) is 35.5 Å². The summed E-state index contributed by atoms with van der Waals surface area (Å²) in [6.07, 6.45) is 5.07. The first-order chi connectivity index (χ1) is 15.5. The molecule has 1 aliphatic heterocycles. The smallest absolute Gasteiger partial charge is 0.263 e. The second-order valence-corrected chi connectivity index (χ2v) is 7.80. The Bertz CT molecular complexity index is 1120. The lowest BCUT2D eigenvalue weighted by atomic mass is 10.1. The number of aliphatic hydroxyl groups excluding tert-OH is 1. The lowest BCUT2D eigenvalue weighted by molar-refractivity contribution is 0.102. The predicted molar refractivity (Wildman–Crippen MR) is 119 cm³/mol. The monoisotopic (exact) mass is 440 g/mol. The van der Waals surface area contributed by atoms with Crippen LogP contribution in [0.15, 0.2) is 18.6 Å². The minimum absolute atomic E-state index is 0.0789. The van der Waals surface area contributed by atoms with Crippen molar-refractivity contribution >= 4 is 23.3 Å². The molecule has 1 aliphatic rings. The van der Waals surface area contributed by atoms with E-state index in [-0.39, 0.29) is 24.0 Å². The lowest BCUT2D eigenvalue weighted by Crippen LogP contribution is -2.33. The highest BCUT2D eigenvalue weighted by Crippen LogP contribution is 2.22. The molecule has 0 saturated carbocycles. The van der Waals surface area contributed by atoms with Crippen molar-refractivity contribution in [2.45, 2.75) is 20.8 Å². The molecular formula is C21H28N8O3. The van der Waals surface area contributed by atoms with Gasteiger partial charge in [-0.1, -0.05) is 0 Å². The second-order valence-electron chi connectivity index (χ2n) is 7.80. The van der Waals surface area contributed by atoms with Crippen molar-refractivity contribution in [3.63, 3.8) is 0 Å². The van der Waals surface area contributed by atoms with Gasteiger partial charge in [0.15, 0.2) is 5.65 Å². The van der Waals surface area contributed by atoms with Crippen LogP contribution in [0.3, 0.4) is 0 Å². The van der Waals surface area contributed by atoms with E-state index >= 15 is 0 Å². The normalized spacial score (nSPS) is 16.8. The fourth-order valence-electron chi connectivity index (χ4n) is 3.72. The number of aliphatic hydroxyl groups is 1. The molecule has 3 aromatic rings. The number of amides is 1. The molecule has 3 aromatic heterocycles. The Hall–Kier alpha value is -3.31. The number of imidazole rings is 1. The third-order valence-corrected chi connectivity index (χ3v) is 5.25. The van der Waals surface area contributed by atoms with Crippen LogP contribution in [0, 0.1) is 19.8 Å². The molecule has 170 valence electrons. The molecule has 1 fully saturated rings. The van der Waals surface area contributed by atoms with Crippen molar-refractivity contribution in [1.29, 1.82) is 0 Å². The molecule has 32 heavy (non-hydrogen) atoms. The van der Waals surface area contributed by atoms with E-state index in [2.05, 4.69) is 30.6 Å². The van der Waals surface area contributed by atoms with Crippen LogP contribution in [0.4, 0.5) is 11.8 Å². The summed E-state index contributed by atoms with van der Waals surface area (Å²) in [5.41, 5.74) is 2.55. The zero-order valence-electron chi connectivity index (χ0n) is 18.5. The van der Waals surface area contributed by atoms with E-state index in [0.717, 1.165) is 24.4 Å². The number of rotatable bonds is 6. The molecule has 1 atom stereocenters. The SMILES string of the molecule is CCOc1nc(N2CCNCC(CO)C2)ncc1C(=O)Nc1cn2cc(C)nc2c(C)n1. The number of carbonyl (C=O) groups excluding carboxylic acids is 1. The highest BCUT2D eigenvalue weighted by Gasteiger charge is 2.23. The van der Waals surface area contributed by atoms with Crippen LogP contribution in [0.1, 0.15) is 28.7 Å². The van der Waals surface area contributed by atoms with Crippen molar-refractivity contribution in [2.24, 2.45) is 5.92 Å². The molecular weight excluding hydrogens is 412 g/mol. The molecule has 0 aliphatic carbocycles. The number of fused-ring (bicyclic) bond motifs is 1. The van der Waals surface area contributed by atoms with Gasteiger partial charge in [0.1, 0.15) is 11.4 Å². The van der Waals surface area contributed by atoms with Crippen LogP contribution in [0.2, 0.25) is 0 Å². The summed E-state index contributed by atoms with van der Waals surface area (Å²) < 4.78 is 7.50. The summed E-state index contributed by atoms with van der Waals surface area (Å²) in [7, 11) is 0. The Balaban J connectivity index is 1.59. The van der Waals surface area contributed by atoms with E-state index in [1.165, 1.54) is 6.20 Å². The molecule has 0 bridgehead atoms. The maximum atomic E-state index is 13.0. The predicted octanol–water partition coefficient (Wildman–Crippen LogP) is 0.805. The molecule has 4 rings (SSSR count). The fourth-order valence-corrected chi connectivity index (χ4v) is 3.72. The first-order valence-electron chi connectivity index (χ1n) is 10.7. The summed E-state index contributed by atoms with van der Waals surface area (Å²) >= 11 is 0. The minimum atomic E-state index is -0.408. The van der Waals surface area contributed by atoms with Gasteiger partial charge in [-0.15, -0.1) is 0 Å². The number of aryl methyl sites for hydroxylation is 2. The quantitative estimate of drug-likeness (QED) is 0.510. The zero-order valence-corrected chi connectivity index (χ0v) is 18.5. The number of aromatic nitrogens is 5. The van der Waals surface area contributed by atoms with Crippen molar-refractivity contribution in [2.75, 3.05) is 49.6 Å². The lowest BCUT2D eigenvalue weighted by Gasteiger charge is -2.23. The molecule has 1 amide bonds. The largest absolute Gasteiger partial charge is 0.477 e. The second kappa shape index (κ2) is 9.45. The number of nitrogens with zero attached hydrogens (tertiary/aromatic N) is 6. The summed E-state index contributed by atoms with van der Waals surface area (Å²) in [5, 5.41) is 15.7. The van der Waals surface area contributed by atoms with Gasteiger partial charge in [0.05, 0.1) is 24.2 Å². The van der Waals surface area contributed by atoms with Gasteiger partial charge in [0, 0.05) is 51.1 Å². The van der Waals surface area contributed by atoms with Gasteiger partial charge < -0.3 is 29.8 Å². The van der Waals surface area contributed by atoms with Crippen molar-refractivity contribution < 1.29 is 14.6 Å². The van der Waals surface area contributed by atoms with Crippen LogP contribution in [-0.4, -0.2) is 74.7 Å². The summed E-state index contributed by atoms with van der Waals surface area (Å²) in [6, 6.07) is 0. The molecule has 0 spiro atoms. The number of hydrogen-bond acceptors (Lipinski definition) is 9. The van der Waals surface area contributed by atoms with Gasteiger partial charge in [-0.3, -0.25) is 4.79 Å². The molecule has 1 saturated heterocycles. The van der Waals surface area contributed by atoms with Gasteiger partial charge in [0.2, 0.25) is 11.8 Å². The zero-order chi connectivity index (χ0) is 22.7. The Morgan fingerprint density at radius 3 is 2.94 bits per heavy atom. The Morgan fingerprint density at radius 2 is 2.16 bits per heavy atom. The number of hydrogen-bond donors (Lipinski definition) is 3. The Labute approximate surface area is 185 Å². The van der Waals surface area contributed by atoms with Crippen LogP contribution < -0.4 is 20.3 Å². The molecule has 0 radical (unpaired) electrons. The van der Waals surface area contributed by atoms with Gasteiger partial charge in [0.25, 0.3) is 5.91 Å². The summed E-state index contributed by atoms with van der Waals surface area (Å²) in [6.45, 7) is 8.82. The van der Waals surface area contributed by atoms with E-state index in [1.807, 2.05) is 36.3 Å². The van der Waals surface area contributed by atoms with E-state index in [1.54, 1.807) is 6.20 Å². The molecule has 1 unspecified atom stereocenters. The molecule has 11 nitrogen and oxygen atoms in total. The fraction of sp³-hybridized carbons (Fsp3) is 0.476. The third kappa shape index (κ3) is 4.63. The molecule has 3 N–H and O–H groups in total. The standard InChI is InChI=1S/C21H28N8O3/c1-4-32-20-16(8-23-21(27-20)28-6-5-22-7-15(10-28)12-30)19(31)26-17-11-29-9-13(2)24-18(29)14(3)25-17/h8-9,11,15,22,30H,4-7,10,12H2,1-3H3,(H,26,31). The average molecular weight is 441 g/mol. The van der Waals surface area contributed by atoms with E-state index in [4.69, 9.17) is 4.74 Å². The molecule has 11 heteroatoms. The molecule has 4 heterocycles. The molecule has 0 aromatic carbocycles. The van der Waals surface area contributed by atoms with Crippen molar-refractivity contribution in [1.82, 2.24) is 29.7 Å². The van der Waals surface area contributed by atoms with Crippen LogP contribution >= 0.6 is 0 Å². The van der Waals surface area contributed by atoms with Crippen LogP contribution in [0.25, 0.3) is 5.65 Å². The van der Waals surface area contributed by atoms with E-state index < -0.39 is 5.91 Å². The van der Waals surface area contributed by atoms with Crippen LogP contribution in [0.5, 0.6) is 5.88 Å². The summed E-state index contributed by atoms with van der Waals surface area (Å²) in [4.78, 5) is 32.8. The maximum Gasteiger partial charge on any atom is 0.263 e. The first kappa shape index (κ1) is 21.9. The highest BCUT2D eigenvalue weighted by atomic mass is 16.5. The minimum Gasteiger partial charge on any atom is -0.477 e. The number of anilines is 2. The highest BCUT2D eigenvalue weighted by molar-refractivity contribution is 6.05. The van der Waals surface area contributed by atoms with Gasteiger partial charge in [-0.25, -0.2) is 15.0 Å². The van der Waals surface area contributed by atoms with Gasteiger partial charge in [-0.2, -0.15) is 4.98 Å². The average Bonchev–Trinajstić information content (AvgIpc) is 2.99. The Kier molecular flexibility index (Phi) is 6.47. The van der Waals surface area contributed by atoms with E-state index in [9.17, 15) is 9.90 Å². The van der Waals surface area contributed by atoms with E-state index in [0.29, 0.717) is 37.2 Å². The summed E-state index contributed by atoms with van der Waals surface area (Å²) in [5.74, 6) is 0.748. The van der Waals surface area contributed by atoms with Gasteiger partial charge in [-0.05, 0) is 20.8 Å².